The van der Waals surface area contributed by atoms with Crippen molar-refractivity contribution in [1.29, 1.82) is 0 Å². The van der Waals surface area contributed by atoms with Crippen molar-refractivity contribution < 1.29 is 10.2 Å². The molecule has 0 spiro atoms. The molecular formula is C11H17NO2. The average Bonchev–Trinajstić information content (AvgIpc) is 2.21. The van der Waals surface area contributed by atoms with Crippen LogP contribution in [0.1, 0.15) is 17.2 Å². The van der Waals surface area contributed by atoms with E-state index in [1.165, 1.54) is 0 Å². The van der Waals surface area contributed by atoms with Gasteiger partial charge in [-0.1, -0.05) is 24.3 Å². The molecule has 3 heteroatoms. The Labute approximate surface area is 84.4 Å². The van der Waals surface area contributed by atoms with Gasteiger partial charge in [-0.15, -0.1) is 0 Å². The molecule has 0 aliphatic heterocycles. The average molecular weight is 195 g/mol. The van der Waals surface area contributed by atoms with Crippen LogP contribution < -0.4 is 5.32 Å². The molecule has 0 fully saturated rings. The number of aryl methyl sites for hydroxylation is 1. The Bertz CT molecular complexity index is 276. The van der Waals surface area contributed by atoms with E-state index < -0.39 is 0 Å². The van der Waals surface area contributed by atoms with Crippen molar-refractivity contribution in [2.45, 2.75) is 13.0 Å². The van der Waals surface area contributed by atoms with Crippen LogP contribution in [0.3, 0.4) is 0 Å². The molecule has 0 amide bonds. The van der Waals surface area contributed by atoms with Gasteiger partial charge in [-0.2, -0.15) is 0 Å². The Morgan fingerprint density at radius 2 is 2.00 bits per heavy atom. The summed E-state index contributed by atoms with van der Waals surface area (Å²) in [6, 6.07) is 7.84. The molecule has 0 aliphatic rings. The van der Waals surface area contributed by atoms with Crippen LogP contribution in [0, 0.1) is 6.92 Å². The smallest absolute Gasteiger partial charge is 0.0626 e. The Morgan fingerprint density at radius 3 is 2.57 bits per heavy atom. The summed E-state index contributed by atoms with van der Waals surface area (Å²) in [5.41, 5.74) is 2.24. The maximum absolute atomic E-state index is 9.19. The number of nitrogens with one attached hydrogen (secondary N) is 1. The van der Waals surface area contributed by atoms with Gasteiger partial charge in [0.05, 0.1) is 19.3 Å². The standard InChI is InChI=1S/C11H17NO2/c1-9-4-2-3-5-10(9)11(8-14)12-6-7-13/h2-5,11-14H,6-8H2,1H3. The van der Waals surface area contributed by atoms with Crippen molar-refractivity contribution >= 4 is 0 Å². The van der Waals surface area contributed by atoms with Crippen LogP contribution in [0.4, 0.5) is 0 Å². The van der Waals surface area contributed by atoms with Gasteiger partial charge in [0, 0.05) is 6.54 Å². The first-order valence-corrected chi connectivity index (χ1v) is 4.80. The number of benzene rings is 1. The Kier molecular flexibility index (Phi) is 4.59. The molecule has 0 saturated carbocycles. The lowest BCUT2D eigenvalue weighted by molar-refractivity contribution is 0.227. The third kappa shape index (κ3) is 2.80. The van der Waals surface area contributed by atoms with Gasteiger partial charge >= 0.3 is 0 Å². The van der Waals surface area contributed by atoms with Gasteiger partial charge in [-0.05, 0) is 18.1 Å². The molecule has 0 heterocycles. The molecule has 1 aromatic rings. The van der Waals surface area contributed by atoms with Gasteiger partial charge in [-0.3, -0.25) is 0 Å². The molecule has 1 unspecified atom stereocenters. The predicted octanol–water partition coefficient (Wildman–Crippen LogP) is 0.610. The highest BCUT2D eigenvalue weighted by Gasteiger charge is 2.10. The van der Waals surface area contributed by atoms with E-state index in [2.05, 4.69) is 5.32 Å². The van der Waals surface area contributed by atoms with Crippen molar-refractivity contribution in [3.63, 3.8) is 0 Å². The van der Waals surface area contributed by atoms with Crippen LogP contribution in [0.5, 0.6) is 0 Å². The monoisotopic (exact) mass is 195 g/mol. The minimum atomic E-state index is -0.0802. The van der Waals surface area contributed by atoms with E-state index in [-0.39, 0.29) is 19.3 Å². The summed E-state index contributed by atoms with van der Waals surface area (Å²) in [6.07, 6.45) is 0. The molecule has 0 aliphatic carbocycles. The molecule has 0 radical (unpaired) electrons. The van der Waals surface area contributed by atoms with E-state index in [0.29, 0.717) is 6.54 Å². The van der Waals surface area contributed by atoms with Crippen molar-refractivity contribution in [2.75, 3.05) is 19.8 Å². The Morgan fingerprint density at radius 1 is 1.29 bits per heavy atom. The third-order valence-electron chi connectivity index (χ3n) is 2.25. The summed E-state index contributed by atoms with van der Waals surface area (Å²) in [5.74, 6) is 0. The largest absolute Gasteiger partial charge is 0.395 e. The third-order valence-corrected chi connectivity index (χ3v) is 2.25. The van der Waals surface area contributed by atoms with Crippen LogP contribution in [-0.2, 0) is 0 Å². The van der Waals surface area contributed by atoms with Crippen molar-refractivity contribution in [2.24, 2.45) is 0 Å². The summed E-state index contributed by atoms with van der Waals surface area (Å²) in [7, 11) is 0. The lowest BCUT2D eigenvalue weighted by atomic mass is 10.0. The highest BCUT2D eigenvalue weighted by Crippen LogP contribution is 2.16. The van der Waals surface area contributed by atoms with E-state index in [9.17, 15) is 5.11 Å². The van der Waals surface area contributed by atoms with E-state index in [1.54, 1.807) is 0 Å². The number of hydrogen-bond acceptors (Lipinski definition) is 3. The van der Waals surface area contributed by atoms with Gasteiger partial charge < -0.3 is 15.5 Å². The molecule has 3 N–H and O–H groups in total. The molecule has 0 aromatic heterocycles. The summed E-state index contributed by atoms with van der Waals surface area (Å²) < 4.78 is 0. The zero-order valence-corrected chi connectivity index (χ0v) is 8.40. The molecule has 78 valence electrons. The quantitative estimate of drug-likeness (QED) is 0.645. The number of aliphatic hydroxyl groups excluding tert-OH is 2. The zero-order valence-electron chi connectivity index (χ0n) is 8.40. The van der Waals surface area contributed by atoms with Crippen molar-refractivity contribution in [3.05, 3.63) is 35.4 Å². The first kappa shape index (κ1) is 11.2. The number of hydrogen-bond donors (Lipinski definition) is 3. The summed E-state index contributed by atoms with van der Waals surface area (Å²) in [5, 5.41) is 20.9. The van der Waals surface area contributed by atoms with Gasteiger partial charge in [0.15, 0.2) is 0 Å². The topological polar surface area (TPSA) is 52.5 Å². The van der Waals surface area contributed by atoms with Crippen molar-refractivity contribution in [1.82, 2.24) is 5.32 Å². The summed E-state index contributed by atoms with van der Waals surface area (Å²) in [4.78, 5) is 0. The molecule has 1 aromatic carbocycles. The van der Waals surface area contributed by atoms with Crippen LogP contribution in [0.2, 0.25) is 0 Å². The molecular weight excluding hydrogens is 178 g/mol. The fourth-order valence-electron chi connectivity index (χ4n) is 1.49. The zero-order chi connectivity index (χ0) is 10.4. The Balaban J connectivity index is 2.73. The first-order chi connectivity index (χ1) is 6.79. The minimum absolute atomic E-state index is 0.0465. The fraction of sp³-hybridized carbons (Fsp3) is 0.455. The van der Waals surface area contributed by atoms with Crippen LogP contribution in [0.25, 0.3) is 0 Å². The Hall–Kier alpha value is -0.900. The fourth-order valence-corrected chi connectivity index (χ4v) is 1.49. The van der Waals surface area contributed by atoms with Crippen LogP contribution >= 0.6 is 0 Å². The molecule has 1 rings (SSSR count). The van der Waals surface area contributed by atoms with Crippen LogP contribution in [-0.4, -0.2) is 30.0 Å². The number of rotatable bonds is 5. The maximum atomic E-state index is 9.19. The number of aliphatic hydroxyl groups is 2. The molecule has 0 saturated heterocycles. The van der Waals surface area contributed by atoms with E-state index in [0.717, 1.165) is 11.1 Å². The predicted molar refractivity (Wildman–Crippen MR) is 56.1 cm³/mol. The van der Waals surface area contributed by atoms with Gasteiger partial charge in [-0.25, -0.2) is 0 Å². The van der Waals surface area contributed by atoms with Crippen molar-refractivity contribution in [3.8, 4) is 0 Å². The molecule has 3 nitrogen and oxygen atoms in total. The van der Waals surface area contributed by atoms with Gasteiger partial charge in [0.25, 0.3) is 0 Å². The molecule has 14 heavy (non-hydrogen) atoms. The maximum Gasteiger partial charge on any atom is 0.0626 e. The second kappa shape index (κ2) is 5.75. The molecule has 1 atom stereocenters. The second-order valence-corrected chi connectivity index (χ2v) is 3.27. The van der Waals surface area contributed by atoms with Gasteiger partial charge in [0.1, 0.15) is 0 Å². The highest BCUT2D eigenvalue weighted by molar-refractivity contribution is 5.28. The van der Waals surface area contributed by atoms with E-state index >= 15 is 0 Å². The SMILES string of the molecule is Cc1ccccc1C(CO)NCCO. The van der Waals surface area contributed by atoms with Gasteiger partial charge in [0.2, 0.25) is 0 Å². The molecule has 0 bridgehead atoms. The van der Waals surface area contributed by atoms with Crippen LogP contribution in [0.15, 0.2) is 24.3 Å². The first-order valence-electron chi connectivity index (χ1n) is 4.80. The summed E-state index contributed by atoms with van der Waals surface area (Å²) >= 11 is 0. The normalized spacial score (nSPS) is 12.8. The lowest BCUT2D eigenvalue weighted by Gasteiger charge is -2.17. The highest BCUT2D eigenvalue weighted by atomic mass is 16.3. The summed E-state index contributed by atoms with van der Waals surface area (Å²) in [6.45, 7) is 2.64. The van der Waals surface area contributed by atoms with E-state index in [1.807, 2.05) is 31.2 Å². The van der Waals surface area contributed by atoms with E-state index in [4.69, 9.17) is 5.11 Å². The minimum Gasteiger partial charge on any atom is -0.395 e. The second-order valence-electron chi connectivity index (χ2n) is 3.27. The lowest BCUT2D eigenvalue weighted by Crippen LogP contribution is -2.27.